The van der Waals surface area contributed by atoms with Crippen LogP contribution in [0.1, 0.15) is 48.4 Å². The van der Waals surface area contributed by atoms with Gasteiger partial charge in [-0.25, -0.2) is 19.2 Å². The van der Waals surface area contributed by atoms with E-state index >= 15 is 0 Å². The third-order valence-electron chi connectivity index (χ3n) is 7.34. The van der Waals surface area contributed by atoms with Crippen molar-refractivity contribution in [1.82, 2.24) is 5.32 Å². The maximum absolute atomic E-state index is 13.6. The molecule has 11 nitrogen and oxygen atoms in total. The fourth-order valence-corrected chi connectivity index (χ4v) is 5.36. The fourth-order valence-electron chi connectivity index (χ4n) is 5.02. The van der Waals surface area contributed by atoms with E-state index in [-0.39, 0.29) is 27.2 Å². The smallest absolute Gasteiger partial charge is 0.338 e. The van der Waals surface area contributed by atoms with E-state index in [0.717, 1.165) is 0 Å². The summed E-state index contributed by atoms with van der Waals surface area (Å²) in [6, 6.07) is 32.1. The number of ether oxygens (including phenoxy) is 5. The van der Waals surface area contributed by atoms with E-state index in [2.05, 4.69) is 5.32 Å². The quantitative estimate of drug-likeness (QED) is 0.141. The molecule has 0 aliphatic carbocycles. The molecule has 0 radical (unpaired) electrons. The van der Waals surface area contributed by atoms with E-state index < -0.39 is 66.9 Å². The Balaban J connectivity index is 1.57. The van der Waals surface area contributed by atoms with Crippen LogP contribution in [-0.2, 0) is 28.5 Å². The average molecular weight is 682 g/mol. The Hall–Kier alpha value is -5.72. The summed E-state index contributed by atoms with van der Waals surface area (Å²) in [6.45, 7) is 0.703. The molecule has 5 rings (SSSR count). The number of benzene rings is 4. The summed E-state index contributed by atoms with van der Waals surface area (Å²) in [5.74, 6) is -3.78. The van der Waals surface area contributed by atoms with Gasteiger partial charge < -0.3 is 29.0 Å². The highest BCUT2D eigenvalue weighted by atomic mass is 32.1. The molecule has 4 aromatic rings. The van der Waals surface area contributed by atoms with Crippen molar-refractivity contribution in [3.8, 4) is 0 Å². The lowest BCUT2D eigenvalue weighted by Crippen LogP contribution is -2.65. The topological polar surface area (TPSA) is 144 Å². The van der Waals surface area contributed by atoms with Crippen LogP contribution in [0.5, 0.6) is 0 Å². The van der Waals surface area contributed by atoms with Crippen molar-refractivity contribution in [2.75, 3.05) is 6.61 Å². The van der Waals surface area contributed by atoms with Crippen LogP contribution < -0.4 is 5.32 Å². The number of carbonyl (C=O) groups excluding carboxylic acids is 5. The number of rotatable bonds is 10. The first kappa shape index (κ1) is 34.6. The molecule has 1 heterocycles. The molecule has 1 N–H and O–H groups in total. The maximum Gasteiger partial charge on any atom is 0.338 e. The van der Waals surface area contributed by atoms with Crippen molar-refractivity contribution < 1.29 is 47.7 Å². The normalized spacial score (nSPS) is 19.8. The number of nitrogens with one attached hydrogen (secondary N) is 1. The van der Waals surface area contributed by atoms with Crippen LogP contribution >= 0.6 is 12.2 Å². The van der Waals surface area contributed by atoms with Gasteiger partial charge in [-0.1, -0.05) is 85.0 Å². The second-order valence-electron chi connectivity index (χ2n) is 10.8. The van der Waals surface area contributed by atoms with Crippen molar-refractivity contribution in [3.05, 3.63) is 144 Å². The van der Waals surface area contributed by atoms with Crippen LogP contribution in [0.4, 0.5) is 0 Å². The Morgan fingerprint density at radius 1 is 0.571 bits per heavy atom. The molecule has 12 heteroatoms. The van der Waals surface area contributed by atoms with Gasteiger partial charge >= 0.3 is 23.9 Å². The van der Waals surface area contributed by atoms with E-state index in [1.807, 2.05) is 0 Å². The summed E-state index contributed by atoms with van der Waals surface area (Å²) >= 11 is 5.52. The SMILES string of the molecule is CC(=O)NC(=S)[C@@H]1O[C@H](COC(=O)c2ccccc2)[C@@H](OC(=O)c2ccccc2)[C@H](OC(=O)c2ccccc2)[C@H]1OC(=O)c1ccccc1. The molecule has 4 aromatic carbocycles. The second-order valence-corrected chi connectivity index (χ2v) is 11.3. The molecule has 1 saturated heterocycles. The van der Waals surface area contributed by atoms with Gasteiger partial charge in [0.25, 0.3) is 0 Å². The van der Waals surface area contributed by atoms with Gasteiger partial charge in [0.05, 0.1) is 22.3 Å². The predicted molar refractivity (Wildman–Crippen MR) is 179 cm³/mol. The molecule has 5 atom stereocenters. The Morgan fingerprint density at radius 2 is 0.939 bits per heavy atom. The molecule has 0 aromatic heterocycles. The van der Waals surface area contributed by atoms with Gasteiger partial charge in [0, 0.05) is 6.92 Å². The minimum atomic E-state index is -1.58. The molecule has 1 aliphatic heterocycles. The van der Waals surface area contributed by atoms with E-state index in [0.29, 0.717) is 0 Å². The van der Waals surface area contributed by atoms with E-state index in [4.69, 9.17) is 35.9 Å². The second kappa shape index (κ2) is 16.4. The molecular formula is C37H31NO10S. The number of hydrogen-bond donors (Lipinski definition) is 1. The zero-order valence-corrected chi connectivity index (χ0v) is 26.9. The predicted octanol–water partition coefficient (Wildman–Crippen LogP) is 4.75. The summed E-state index contributed by atoms with van der Waals surface area (Å²) < 4.78 is 29.7. The van der Waals surface area contributed by atoms with E-state index in [9.17, 15) is 24.0 Å². The minimum absolute atomic E-state index is 0.142. The van der Waals surface area contributed by atoms with Crippen molar-refractivity contribution in [3.63, 3.8) is 0 Å². The molecule has 1 aliphatic rings. The Bertz CT molecular complexity index is 1790. The van der Waals surface area contributed by atoms with Gasteiger partial charge in [-0.15, -0.1) is 0 Å². The first-order chi connectivity index (χ1) is 23.7. The van der Waals surface area contributed by atoms with Gasteiger partial charge in [0.2, 0.25) is 5.91 Å². The van der Waals surface area contributed by atoms with Crippen LogP contribution in [0.25, 0.3) is 0 Å². The molecule has 49 heavy (non-hydrogen) atoms. The highest BCUT2D eigenvalue weighted by Gasteiger charge is 2.54. The van der Waals surface area contributed by atoms with Crippen LogP contribution in [-0.4, -0.2) is 71.9 Å². The first-order valence-electron chi connectivity index (χ1n) is 15.2. The van der Waals surface area contributed by atoms with Gasteiger partial charge in [-0.3, -0.25) is 4.79 Å². The molecule has 1 amide bonds. The van der Waals surface area contributed by atoms with Crippen molar-refractivity contribution in [2.24, 2.45) is 0 Å². The Kier molecular flexibility index (Phi) is 11.6. The maximum atomic E-state index is 13.6. The highest BCUT2D eigenvalue weighted by molar-refractivity contribution is 7.80. The van der Waals surface area contributed by atoms with E-state index in [1.54, 1.807) is 84.9 Å². The number of esters is 4. The fraction of sp³-hybridized carbons (Fsp3) is 0.189. The highest BCUT2D eigenvalue weighted by Crippen LogP contribution is 2.32. The monoisotopic (exact) mass is 681 g/mol. The van der Waals surface area contributed by atoms with Gasteiger partial charge in [-0.05, 0) is 48.5 Å². The zero-order valence-electron chi connectivity index (χ0n) is 26.1. The number of hydrogen-bond acceptors (Lipinski definition) is 11. The largest absolute Gasteiger partial charge is 0.459 e. The van der Waals surface area contributed by atoms with Crippen molar-refractivity contribution in [1.29, 1.82) is 0 Å². The molecular weight excluding hydrogens is 650 g/mol. The number of thiocarbonyl (C=S) groups is 1. The molecule has 250 valence electrons. The number of carbonyl (C=O) groups is 5. The zero-order chi connectivity index (χ0) is 34.8. The first-order valence-corrected chi connectivity index (χ1v) is 15.6. The summed E-state index contributed by atoms with van der Waals surface area (Å²) in [5.41, 5.74) is 0.687. The summed E-state index contributed by atoms with van der Waals surface area (Å²) in [4.78, 5) is 65.5. The average Bonchev–Trinajstić information content (AvgIpc) is 3.13. The molecule has 1 fully saturated rings. The van der Waals surface area contributed by atoms with Crippen LogP contribution in [0.3, 0.4) is 0 Å². The minimum Gasteiger partial charge on any atom is -0.459 e. The lowest BCUT2D eigenvalue weighted by Gasteiger charge is -2.44. The summed E-state index contributed by atoms with van der Waals surface area (Å²) in [6.07, 6.45) is -7.44. The lowest BCUT2D eigenvalue weighted by molar-refractivity contribution is -0.212. The Morgan fingerprint density at radius 3 is 1.35 bits per heavy atom. The third kappa shape index (κ3) is 9.01. The molecule has 0 spiro atoms. The molecule has 0 bridgehead atoms. The van der Waals surface area contributed by atoms with Crippen LogP contribution in [0.15, 0.2) is 121 Å². The van der Waals surface area contributed by atoms with Crippen LogP contribution in [0.2, 0.25) is 0 Å². The Labute approximate surface area is 287 Å². The van der Waals surface area contributed by atoms with Crippen molar-refractivity contribution in [2.45, 2.75) is 37.4 Å². The molecule has 0 unspecified atom stereocenters. The third-order valence-corrected chi connectivity index (χ3v) is 7.67. The van der Waals surface area contributed by atoms with E-state index in [1.165, 1.54) is 43.3 Å². The standard InChI is InChI=1S/C37H31NO10S/c1-23(39)38-33(49)32-31(48-37(43)27-20-12-5-13-21-27)30(47-36(42)26-18-10-4-11-19-26)29(46-35(41)25-16-8-3-9-17-25)28(45-32)22-44-34(40)24-14-6-2-7-15-24/h2-21,28-32H,22H2,1H3,(H,38,39,49)/t28-,29-,30+,31-,32-/m1/s1. The lowest BCUT2D eigenvalue weighted by atomic mass is 9.93. The summed E-state index contributed by atoms with van der Waals surface area (Å²) in [7, 11) is 0. The van der Waals surface area contributed by atoms with Gasteiger partial charge in [-0.2, -0.15) is 0 Å². The van der Waals surface area contributed by atoms with Crippen molar-refractivity contribution >= 4 is 47.0 Å². The molecule has 0 saturated carbocycles. The van der Waals surface area contributed by atoms with Gasteiger partial charge in [0.1, 0.15) is 23.8 Å². The van der Waals surface area contributed by atoms with Gasteiger partial charge in [0.15, 0.2) is 18.3 Å². The number of amides is 1. The van der Waals surface area contributed by atoms with Crippen LogP contribution in [0, 0.1) is 0 Å². The summed E-state index contributed by atoms with van der Waals surface area (Å²) in [5, 5.41) is 2.47.